The van der Waals surface area contributed by atoms with Gasteiger partial charge in [-0.1, -0.05) is 24.3 Å². The Morgan fingerprint density at radius 2 is 1.65 bits per heavy atom. The van der Waals surface area contributed by atoms with E-state index in [1.165, 1.54) is 38.3 Å². The number of anilines is 1. The standard InChI is InChI=1S/C25H23N3O5S/c1-16(29)26-18-7-4-6-17(14-18)21-8-5-9-23-22(21)15-24(28(23)2)25(30)27-34(31,32)20-12-10-19(33-3)11-13-20/h4-15H,1-3H3,(H,26,29)(H,27,30). The quantitative estimate of drug-likeness (QED) is 0.438. The largest absolute Gasteiger partial charge is 0.497 e. The van der Waals surface area contributed by atoms with Crippen LogP contribution in [0.15, 0.2) is 77.7 Å². The van der Waals surface area contributed by atoms with Crippen LogP contribution in [0.3, 0.4) is 0 Å². The van der Waals surface area contributed by atoms with Gasteiger partial charge < -0.3 is 14.6 Å². The first kappa shape index (κ1) is 23.1. The molecule has 9 heteroatoms. The highest BCUT2D eigenvalue weighted by Crippen LogP contribution is 2.32. The number of hydrogen-bond acceptors (Lipinski definition) is 5. The molecule has 0 aliphatic heterocycles. The van der Waals surface area contributed by atoms with Crippen LogP contribution in [0.5, 0.6) is 5.75 Å². The minimum atomic E-state index is -4.07. The third-order valence-corrected chi connectivity index (χ3v) is 6.76. The maximum Gasteiger partial charge on any atom is 0.281 e. The Bertz CT molecular complexity index is 1510. The fraction of sp³-hybridized carbons (Fsp3) is 0.120. The zero-order valence-electron chi connectivity index (χ0n) is 18.8. The number of hydrogen-bond donors (Lipinski definition) is 2. The van der Waals surface area contributed by atoms with Gasteiger partial charge in [0.05, 0.1) is 12.0 Å². The van der Waals surface area contributed by atoms with Gasteiger partial charge in [0.1, 0.15) is 11.4 Å². The summed E-state index contributed by atoms with van der Waals surface area (Å²) < 4.78 is 34.3. The van der Waals surface area contributed by atoms with Crippen molar-refractivity contribution in [1.82, 2.24) is 9.29 Å². The topological polar surface area (TPSA) is 106 Å². The number of aromatic nitrogens is 1. The molecule has 2 amide bonds. The van der Waals surface area contributed by atoms with Crippen LogP contribution >= 0.6 is 0 Å². The van der Waals surface area contributed by atoms with E-state index in [1.54, 1.807) is 23.7 Å². The van der Waals surface area contributed by atoms with Crippen molar-refractivity contribution in [3.8, 4) is 16.9 Å². The van der Waals surface area contributed by atoms with Crippen molar-refractivity contribution in [3.05, 3.63) is 78.5 Å². The molecule has 0 saturated carbocycles. The Morgan fingerprint density at radius 1 is 0.941 bits per heavy atom. The average Bonchev–Trinajstić information content (AvgIpc) is 3.15. The Morgan fingerprint density at radius 3 is 2.32 bits per heavy atom. The van der Waals surface area contributed by atoms with Gasteiger partial charge in [-0.15, -0.1) is 0 Å². The SMILES string of the molecule is COc1ccc(S(=O)(=O)NC(=O)c2cc3c(-c4cccc(NC(C)=O)c4)cccc3n2C)cc1. The van der Waals surface area contributed by atoms with Gasteiger partial charge in [-0.25, -0.2) is 13.1 Å². The third-order valence-electron chi connectivity index (χ3n) is 5.41. The lowest BCUT2D eigenvalue weighted by Gasteiger charge is -2.09. The van der Waals surface area contributed by atoms with E-state index < -0.39 is 15.9 Å². The molecule has 0 bridgehead atoms. The fourth-order valence-corrected chi connectivity index (χ4v) is 4.75. The Kier molecular flexibility index (Phi) is 6.12. The predicted molar refractivity (Wildman–Crippen MR) is 130 cm³/mol. The second-order valence-corrected chi connectivity index (χ2v) is 9.38. The number of aryl methyl sites for hydroxylation is 1. The molecule has 0 unspecified atom stereocenters. The van der Waals surface area contributed by atoms with Crippen LogP contribution in [0.4, 0.5) is 5.69 Å². The summed E-state index contributed by atoms with van der Waals surface area (Å²) >= 11 is 0. The van der Waals surface area contributed by atoms with E-state index in [9.17, 15) is 18.0 Å². The van der Waals surface area contributed by atoms with E-state index in [1.807, 2.05) is 36.4 Å². The van der Waals surface area contributed by atoms with E-state index in [2.05, 4.69) is 10.0 Å². The first-order valence-corrected chi connectivity index (χ1v) is 11.9. The van der Waals surface area contributed by atoms with Crippen molar-refractivity contribution in [2.24, 2.45) is 7.05 Å². The van der Waals surface area contributed by atoms with Gasteiger partial charge in [0.25, 0.3) is 15.9 Å². The van der Waals surface area contributed by atoms with E-state index in [0.717, 1.165) is 22.0 Å². The lowest BCUT2D eigenvalue weighted by atomic mass is 10.0. The summed E-state index contributed by atoms with van der Waals surface area (Å²) in [6.45, 7) is 1.44. The average molecular weight is 478 g/mol. The van der Waals surface area contributed by atoms with Crippen LogP contribution in [0.25, 0.3) is 22.0 Å². The van der Waals surface area contributed by atoms with Crippen molar-refractivity contribution in [2.75, 3.05) is 12.4 Å². The number of fused-ring (bicyclic) bond motifs is 1. The van der Waals surface area contributed by atoms with E-state index in [-0.39, 0.29) is 16.5 Å². The molecule has 3 aromatic carbocycles. The minimum absolute atomic E-state index is 0.0455. The van der Waals surface area contributed by atoms with Crippen molar-refractivity contribution in [1.29, 1.82) is 0 Å². The molecule has 1 heterocycles. The number of ether oxygens (including phenoxy) is 1. The summed E-state index contributed by atoms with van der Waals surface area (Å²) in [5, 5.41) is 3.54. The highest BCUT2D eigenvalue weighted by atomic mass is 32.2. The van der Waals surface area contributed by atoms with Gasteiger partial charge in [0.15, 0.2) is 0 Å². The molecule has 4 rings (SSSR count). The van der Waals surface area contributed by atoms with Crippen molar-refractivity contribution in [2.45, 2.75) is 11.8 Å². The predicted octanol–water partition coefficient (Wildman–Crippen LogP) is 3.93. The first-order valence-electron chi connectivity index (χ1n) is 10.4. The highest BCUT2D eigenvalue weighted by molar-refractivity contribution is 7.90. The number of nitrogens with zero attached hydrogens (tertiary/aromatic N) is 1. The zero-order chi connectivity index (χ0) is 24.5. The molecule has 0 fully saturated rings. The Hall–Kier alpha value is -4.11. The van der Waals surface area contributed by atoms with Gasteiger partial charge in [0.2, 0.25) is 5.91 Å². The van der Waals surface area contributed by atoms with Gasteiger partial charge >= 0.3 is 0 Å². The molecule has 0 radical (unpaired) electrons. The lowest BCUT2D eigenvalue weighted by molar-refractivity contribution is -0.114. The summed E-state index contributed by atoms with van der Waals surface area (Å²) in [4.78, 5) is 24.4. The van der Waals surface area contributed by atoms with Crippen molar-refractivity contribution < 1.29 is 22.7 Å². The summed E-state index contributed by atoms with van der Waals surface area (Å²) in [6, 6.07) is 20.4. The monoisotopic (exact) mass is 477 g/mol. The van der Waals surface area contributed by atoms with Gasteiger partial charge in [0, 0.05) is 30.6 Å². The molecule has 1 aromatic heterocycles. The number of carbonyl (C=O) groups excluding carboxylic acids is 2. The molecule has 8 nitrogen and oxygen atoms in total. The number of nitrogens with one attached hydrogen (secondary N) is 2. The van der Waals surface area contributed by atoms with Crippen molar-refractivity contribution in [3.63, 3.8) is 0 Å². The van der Waals surface area contributed by atoms with Crippen LogP contribution in [0.1, 0.15) is 17.4 Å². The van der Waals surface area contributed by atoms with E-state index in [4.69, 9.17) is 4.74 Å². The number of sulfonamides is 1. The maximum atomic E-state index is 13.0. The second-order valence-electron chi connectivity index (χ2n) is 7.70. The summed E-state index contributed by atoms with van der Waals surface area (Å²) in [7, 11) is -0.890. The molecule has 2 N–H and O–H groups in total. The van der Waals surface area contributed by atoms with Crippen LogP contribution in [0.2, 0.25) is 0 Å². The number of amides is 2. The normalized spacial score (nSPS) is 11.3. The van der Waals surface area contributed by atoms with Gasteiger partial charge in [-0.05, 0) is 59.7 Å². The lowest BCUT2D eigenvalue weighted by Crippen LogP contribution is -2.31. The molecular weight excluding hydrogens is 454 g/mol. The molecule has 0 aliphatic carbocycles. The van der Waals surface area contributed by atoms with Crippen molar-refractivity contribution >= 4 is 38.4 Å². The van der Waals surface area contributed by atoms with E-state index in [0.29, 0.717) is 11.4 Å². The molecule has 174 valence electrons. The fourth-order valence-electron chi connectivity index (χ4n) is 3.79. The minimum Gasteiger partial charge on any atom is -0.497 e. The Balaban J connectivity index is 1.70. The van der Waals surface area contributed by atoms with Crippen LogP contribution < -0.4 is 14.8 Å². The number of methoxy groups -OCH3 is 1. The summed E-state index contributed by atoms with van der Waals surface area (Å²) in [5.41, 5.74) is 3.30. The molecule has 4 aromatic rings. The molecular formula is C25H23N3O5S. The maximum absolute atomic E-state index is 13.0. The van der Waals surface area contributed by atoms with Crippen LogP contribution in [-0.4, -0.2) is 31.9 Å². The summed E-state index contributed by atoms with van der Waals surface area (Å²) in [5.74, 6) is -0.409. The Labute approximate surface area is 197 Å². The number of benzene rings is 3. The molecule has 0 spiro atoms. The third kappa shape index (κ3) is 4.51. The van der Waals surface area contributed by atoms with Gasteiger partial charge in [-0.2, -0.15) is 0 Å². The second kappa shape index (κ2) is 9.03. The number of rotatable bonds is 6. The molecule has 34 heavy (non-hydrogen) atoms. The van der Waals surface area contributed by atoms with E-state index >= 15 is 0 Å². The van der Waals surface area contributed by atoms with Crippen LogP contribution in [-0.2, 0) is 21.9 Å². The van der Waals surface area contributed by atoms with Gasteiger partial charge in [-0.3, -0.25) is 9.59 Å². The molecule has 0 aliphatic rings. The smallest absolute Gasteiger partial charge is 0.281 e. The molecule has 0 atom stereocenters. The summed E-state index contributed by atoms with van der Waals surface area (Å²) in [6.07, 6.45) is 0. The zero-order valence-corrected chi connectivity index (χ0v) is 19.6. The first-order chi connectivity index (χ1) is 16.2. The highest BCUT2D eigenvalue weighted by Gasteiger charge is 2.22. The number of carbonyl (C=O) groups is 2. The van der Waals surface area contributed by atoms with Crippen LogP contribution in [0, 0.1) is 0 Å². The molecule has 0 saturated heterocycles.